The average molecular weight is 365 g/mol. The highest BCUT2D eigenvalue weighted by atomic mass is 16.5. The smallest absolute Gasteiger partial charge is 0.340 e. The van der Waals surface area contributed by atoms with Gasteiger partial charge >= 0.3 is 5.69 Å². The number of benzene rings is 1. The number of aromatic nitrogens is 4. The number of nitrogens with one attached hydrogen (secondary N) is 2. The Morgan fingerprint density at radius 3 is 2.93 bits per heavy atom. The molecule has 2 aromatic heterocycles. The van der Waals surface area contributed by atoms with Crippen LogP contribution in [-0.4, -0.2) is 50.2 Å². The van der Waals surface area contributed by atoms with Crippen LogP contribution < -0.4 is 10.4 Å². The fourth-order valence-corrected chi connectivity index (χ4v) is 3.31. The van der Waals surface area contributed by atoms with Gasteiger partial charge < -0.3 is 9.64 Å². The lowest BCUT2D eigenvalue weighted by atomic mass is 10.1. The first-order valence-corrected chi connectivity index (χ1v) is 8.68. The zero-order valence-corrected chi connectivity index (χ0v) is 14.8. The maximum Gasteiger partial charge on any atom is 0.340 e. The molecule has 0 saturated carbocycles. The van der Waals surface area contributed by atoms with Crippen LogP contribution in [0.4, 0.5) is 0 Å². The van der Waals surface area contributed by atoms with Gasteiger partial charge in [-0.2, -0.15) is 5.10 Å². The summed E-state index contributed by atoms with van der Waals surface area (Å²) >= 11 is 0. The lowest BCUT2D eigenvalue weighted by Gasteiger charge is -2.18. The summed E-state index contributed by atoms with van der Waals surface area (Å²) in [7, 11) is 0. The quantitative estimate of drug-likeness (QED) is 0.685. The number of aromatic amines is 2. The minimum Gasteiger partial charge on any atom is -0.472 e. The van der Waals surface area contributed by atoms with Crippen molar-refractivity contribution in [3.8, 4) is 17.4 Å². The number of likely N-dealkylation sites (tertiary alicyclic amines) is 1. The van der Waals surface area contributed by atoms with Crippen LogP contribution in [0.3, 0.4) is 0 Å². The van der Waals surface area contributed by atoms with E-state index < -0.39 is 5.69 Å². The van der Waals surface area contributed by atoms with Crippen LogP contribution in [0.25, 0.3) is 22.3 Å². The fourth-order valence-electron chi connectivity index (χ4n) is 3.31. The highest BCUT2D eigenvalue weighted by molar-refractivity contribution is 5.89. The van der Waals surface area contributed by atoms with Crippen molar-refractivity contribution in [2.24, 2.45) is 5.92 Å². The number of H-pyrrole nitrogens is 2. The molecule has 1 amide bonds. The Morgan fingerprint density at radius 1 is 1.37 bits per heavy atom. The molecule has 1 aliphatic heterocycles. The van der Waals surface area contributed by atoms with Crippen molar-refractivity contribution in [1.82, 2.24) is 25.1 Å². The Kier molecular flexibility index (Phi) is 4.23. The summed E-state index contributed by atoms with van der Waals surface area (Å²) in [6, 6.07) is 9.56. The third kappa shape index (κ3) is 3.21. The SMILES string of the molecule is C=CC(=O)N1C[C@H](Oc2nc(-c3n[nH]c(=O)[nH]3)cc3ccccc23)[C@@H](C)C1. The van der Waals surface area contributed by atoms with Crippen LogP contribution in [0.2, 0.25) is 0 Å². The third-order valence-corrected chi connectivity index (χ3v) is 4.74. The van der Waals surface area contributed by atoms with Crippen LogP contribution in [0.1, 0.15) is 6.92 Å². The monoisotopic (exact) mass is 365 g/mol. The van der Waals surface area contributed by atoms with Gasteiger partial charge in [0.05, 0.1) is 6.54 Å². The van der Waals surface area contributed by atoms with E-state index in [1.165, 1.54) is 6.08 Å². The number of carbonyl (C=O) groups excluding carboxylic acids is 1. The molecule has 0 radical (unpaired) electrons. The van der Waals surface area contributed by atoms with E-state index in [1.807, 2.05) is 37.3 Å². The maximum atomic E-state index is 11.9. The predicted octanol–water partition coefficient (Wildman–Crippen LogP) is 1.72. The molecule has 8 heteroatoms. The van der Waals surface area contributed by atoms with Gasteiger partial charge in [-0.25, -0.2) is 14.9 Å². The van der Waals surface area contributed by atoms with Gasteiger partial charge in [0.15, 0.2) is 5.82 Å². The van der Waals surface area contributed by atoms with Gasteiger partial charge in [-0.1, -0.05) is 31.7 Å². The van der Waals surface area contributed by atoms with Crippen molar-refractivity contribution in [2.75, 3.05) is 13.1 Å². The van der Waals surface area contributed by atoms with Crippen molar-refractivity contribution in [3.63, 3.8) is 0 Å². The number of hydrogen-bond donors (Lipinski definition) is 2. The molecule has 8 nitrogen and oxygen atoms in total. The lowest BCUT2D eigenvalue weighted by Crippen LogP contribution is -2.29. The molecule has 1 aliphatic rings. The Balaban J connectivity index is 1.71. The van der Waals surface area contributed by atoms with Crippen molar-refractivity contribution in [3.05, 3.63) is 53.5 Å². The molecule has 0 spiro atoms. The van der Waals surface area contributed by atoms with Gasteiger partial charge in [-0.15, -0.1) is 0 Å². The number of rotatable bonds is 4. The fraction of sp³-hybridized carbons (Fsp3) is 0.263. The first-order chi connectivity index (χ1) is 13.0. The third-order valence-electron chi connectivity index (χ3n) is 4.74. The predicted molar refractivity (Wildman–Crippen MR) is 100 cm³/mol. The summed E-state index contributed by atoms with van der Waals surface area (Å²) < 4.78 is 6.23. The highest BCUT2D eigenvalue weighted by Crippen LogP contribution is 2.30. The normalized spacial score (nSPS) is 19.4. The number of carbonyl (C=O) groups is 1. The Bertz CT molecular complexity index is 1070. The van der Waals surface area contributed by atoms with Crippen molar-refractivity contribution in [1.29, 1.82) is 0 Å². The van der Waals surface area contributed by atoms with E-state index in [2.05, 4.69) is 26.7 Å². The standard InChI is InChI=1S/C19H19N5O3/c1-3-16(25)24-9-11(2)15(10-24)27-18-13-7-5-4-6-12(13)8-14(20-18)17-21-19(26)23-22-17/h3-8,11,15H,1,9-10H2,2H3,(H2,21,22,23,26)/t11-,15-/m0/s1. The second-order valence-corrected chi connectivity index (χ2v) is 6.64. The average Bonchev–Trinajstić information content (AvgIpc) is 3.27. The van der Waals surface area contributed by atoms with Gasteiger partial charge in [0.2, 0.25) is 11.8 Å². The van der Waals surface area contributed by atoms with Crippen LogP contribution >= 0.6 is 0 Å². The second kappa shape index (κ2) is 6.71. The lowest BCUT2D eigenvalue weighted by molar-refractivity contribution is -0.125. The summed E-state index contributed by atoms with van der Waals surface area (Å²) in [5.41, 5.74) is 0.108. The van der Waals surface area contributed by atoms with Crippen LogP contribution in [0.5, 0.6) is 5.88 Å². The minimum atomic E-state index is -0.398. The summed E-state index contributed by atoms with van der Waals surface area (Å²) in [5, 5.41) is 8.08. The number of ether oxygens (including phenoxy) is 1. The molecule has 1 fully saturated rings. The van der Waals surface area contributed by atoms with Crippen molar-refractivity contribution >= 4 is 16.7 Å². The molecule has 0 bridgehead atoms. The second-order valence-electron chi connectivity index (χ2n) is 6.64. The summed E-state index contributed by atoms with van der Waals surface area (Å²) in [6.45, 7) is 6.67. The Labute approximate surface area is 154 Å². The molecule has 2 atom stereocenters. The van der Waals surface area contributed by atoms with Gasteiger partial charge in [0.25, 0.3) is 0 Å². The molecular formula is C19H19N5O3. The summed E-state index contributed by atoms with van der Waals surface area (Å²) in [6.07, 6.45) is 1.13. The molecule has 2 N–H and O–H groups in total. The first kappa shape index (κ1) is 17.0. The van der Waals surface area contributed by atoms with Crippen molar-refractivity contribution in [2.45, 2.75) is 13.0 Å². The van der Waals surface area contributed by atoms with Crippen LogP contribution in [0, 0.1) is 5.92 Å². The van der Waals surface area contributed by atoms with Crippen LogP contribution in [-0.2, 0) is 4.79 Å². The van der Waals surface area contributed by atoms with E-state index in [0.717, 1.165) is 10.8 Å². The molecule has 4 rings (SSSR count). The highest BCUT2D eigenvalue weighted by Gasteiger charge is 2.33. The van der Waals surface area contributed by atoms with E-state index in [-0.39, 0.29) is 17.9 Å². The molecule has 1 aromatic carbocycles. The molecule has 0 unspecified atom stereocenters. The minimum absolute atomic E-state index is 0.103. The van der Waals surface area contributed by atoms with Crippen LogP contribution in [0.15, 0.2) is 47.8 Å². The number of amides is 1. The molecule has 3 aromatic rings. The number of pyridine rings is 1. The van der Waals surface area contributed by atoms with E-state index >= 15 is 0 Å². The Morgan fingerprint density at radius 2 is 2.19 bits per heavy atom. The van der Waals surface area contributed by atoms with Crippen molar-refractivity contribution < 1.29 is 9.53 Å². The Hall–Kier alpha value is -3.42. The van der Waals surface area contributed by atoms with Gasteiger partial charge in [0.1, 0.15) is 11.8 Å². The summed E-state index contributed by atoms with van der Waals surface area (Å²) in [5.74, 6) is 0.854. The van der Waals surface area contributed by atoms with E-state index in [0.29, 0.717) is 30.5 Å². The molecule has 1 saturated heterocycles. The molecule has 27 heavy (non-hydrogen) atoms. The number of nitrogens with zero attached hydrogens (tertiary/aromatic N) is 3. The largest absolute Gasteiger partial charge is 0.472 e. The summed E-state index contributed by atoms with van der Waals surface area (Å²) in [4.78, 5) is 32.2. The van der Waals surface area contributed by atoms with E-state index in [1.54, 1.807) is 4.90 Å². The van der Waals surface area contributed by atoms with E-state index in [9.17, 15) is 9.59 Å². The molecule has 3 heterocycles. The maximum absolute atomic E-state index is 11.9. The van der Waals surface area contributed by atoms with Gasteiger partial charge in [0, 0.05) is 17.8 Å². The topological polar surface area (TPSA) is 104 Å². The zero-order valence-electron chi connectivity index (χ0n) is 14.8. The molecule has 138 valence electrons. The van der Waals surface area contributed by atoms with Gasteiger partial charge in [-0.3, -0.25) is 9.78 Å². The van der Waals surface area contributed by atoms with Gasteiger partial charge in [-0.05, 0) is 23.6 Å². The first-order valence-electron chi connectivity index (χ1n) is 8.68. The number of fused-ring (bicyclic) bond motifs is 1. The molecular weight excluding hydrogens is 346 g/mol. The molecule has 0 aliphatic carbocycles. The van der Waals surface area contributed by atoms with E-state index in [4.69, 9.17) is 4.74 Å². The number of hydrogen-bond acceptors (Lipinski definition) is 5. The zero-order chi connectivity index (χ0) is 19.0.